The number of anilines is 1. The van der Waals surface area contributed by atoms with Gasteiger partial charge in [-0.25, -0.2) is 4.98 Å². The molecule has 34 heavy (non-hydrogen) atoms. The zero-order valence-corrected chi connectivity index (χ0v) is 20.3. The number of hydrogen-bond donors (Lipinski definition) is 4. The number of fused-ring (bicyclic) bond motifs is 1. The summed E-state index contributed by atoms with van der Waals surface area (Å²) >= 11 is 0. The maximum atomic E-state index is 12.6. The molecule has 0 spiro atoms. The Morgan fingerprint density at radius 1 is 1.32 bits per heavy atom. The number of carbonyl (C=O) groups is 1. The summed E-state index contributed by atoms with van der Waals surface area (Å²) in [5.74, 6) is 0.883. The van der Waals surface area contributed by atoms with Gasteiger partial charge in [-0.2, -0.15) is 4.98 Å². The van der Waals surface area contributed by atoms with E-state index in [9.17, 15) is 24.4 Å². The molecular formula is C20H30N5O8P. The molecule has 188 valence electrons. The highest BCUT2D eigenvalue weighted by molar-refractivity contribution is 7.57. The Kier molecular flexibility index (Phi) is 8.39. The molecule has 1 aliphatic rings. The van der Waals surface area contributed by atoms with Gasteiger partial charge < -0.3 is 24.0 Å². The maximum Gasteiger partial charge on any atom is 0.353 e. The van der Waals surface area contributed by atoms with Gasteiger partial charge in [0, 0.05) is 12.2 Å². The highest BCUT2D eigenvalue weighted by atomic mass is 31.2. The van der Waals surface area contributed by atoms with Crippen molar-refractivity contribution in [3.8, 4) is 0 Å². The molecule has 3 heterocycles. The van der Waals surface area contributed by atoms with E-state index < -0.39 is 37.7 Å². The van der Waals surface area contributed by atoms with Crippen molar-refractivity contribution in [2.24, 2.45) is 5.92 Å². The van der Waals surface area contributed by atoms with Crippen LogP contribution in [0.1, 0.15) is 40.3 Å². The van der Waals surface area contributed by atoms with Gasteiger partial charge in [-0.3, -0.25) is 29.0 Å². The number of aromatic nitrogens is 4. The molecule has 2 aromatic heterocycles. The fourth-order valence-electron chi connectivity index (χ4n) is 3.47. The van der Waals surface area contributed by atoms with Crippen LogP contribution < -0.4 is 10.9 Å². The van der Waals surface area contributed by atoms with Crippen LogP contribution in [0, 0.1) is 5.92 Å². The van der Waals surface area contributed by atoms with E-state index in [1.807, 2.05) is 13.8 Å². The van der Waals surface area contributed by atoms with Crippen molar-refractivity contribution in [1.82, 2.24) is 19.5 Å². The molecule has 1 aliphatic heterocycles. The minimum Gasteiger partial charge on any atom is -0.387 e. The molecule has 1 fully saturated rings. The van der Waals surface area contributed by atoms with Crippen LogP contribution in [0.3, 0.4) is 0 Å². The van der Waals surface area contributed by atoms with E-state index in [4.69, 9.17) is 13.8 Å². The van der Waals surface area contributed by atoms with Crippen molar-refractivity contribution in [2.75, 3.05) is 18.5 Å². The number of ether oxygens (including phenoxy) is 1. The molecule has 1 amide bonds. The summed E-state index contributed by atoms with van der Waals surface area (Å²) in [6.07, 6.45) is -2.26. The van der Waals surface area contributed by atoms with E-state index in [2.05, 4.69) is 20.3 Å². The number of aliphatic hydroxyl groups is 2. The number of nitrogens with zero attached hydrogens (tertiary/aromatic N) is 3. The summed E-state index contributed by atoms with van der Waals surface area (Å²) in [6, 6.07) is 0. The average Bonchev–Trinajstić information content (AvgIpc) is 3.28. The van der Waals surface area contributed by atoms with Crippen LogP contribution in [-0.2, 0) is 23.1 Å². The number of hydrogen-bond acceptors (Lipinski definition) is 10. The minimum atomic E-state index is -3.54. The Morgan fingerprint density at radius 3 is 2.62 bits per heavy atom. The lowest BCUT2D eigenvalue weighted by Gasteiger charge is -2.16. The van der Waals surface area contributed by atoms with Crippen LogP contribution in [-0.4, -0.2) is 67.2 Å². The Morgan fingerprint density at radius 2 is 2.00 bits per heavy atom. The molecule has 4 N–H and O–H groups in total. The van der Waals surface area contributed by atoms with Gasteiger partial charge in [0.2, 0.25) is 11.9 Å². The number of amides is 1. The zero-order valence-electron chi connectivity index (χ0n) is 19.4. The molecule has 4 atom stereocenters. The molecule has 14 heteroatoms. The number of imidazole rings is 1. The second-order valence-electron chi connectivity index (χ2n) is 8.07. The topological polar surface area (TPSA) is 178 Å². The molecule has 0 bridgehead atoms. The first-order valence-electron chi connectivity index (χ1n) is 10.9. The Hall–Kier alpha value is -2.41. The van der Waals surface area contributed by atoms with Gasteiger partial charge in [0.15, 0.2) is 17.4 Å². The lowest BCUT2D eigenvalue weighted by molar-refractivity contribution is -0.116. The molecule has 2 aromatic rings. The first-order chi connectivity index (χ1) is 16.1. The summed E-state index contributed by atoms with van der Waals surface area (Å²) in [6.45, 7) is 7.39. The molecule has 1 saturated heterocycles. The monoisotopic (exact) mass is 499 g/mol. The molecular weight excluding hydrogens is 469 g/mol. The normalized spacial score (nSPS) is 23.4. The molecule has 0 radical (unpaired) electrons. The van der Waals surface area contributed by atoms with E-state index in [1.165, 1.54) is 22.8 Å². The number of carbonyl (C=O) groups excluding carboxylic acids is 1. The first-order valence-corrected chi connectivity index (χ1v) is 12.6. The Bertz CT molecular complexity index is 1140. The van der Waals surface area contributed by atoms with E-state index in [0.29, 0.717) is 0 Å². The smallest absolute Gasteiger partial charge is 0.353 e. The van der Waals surface area contributed by atoms with Crippen molar-refractivity contribution < 1.29 is 33.4 Å². The molecule has 13 nitrogen and oxygen atoms in total. The van der Waals surface area contributed by atoms with Gasteiger partial charge >= 0.3 is 7.60 Å². The lowest BCUT2D eigenvalue weighted by Crippen LogP contribution is -2.30. The predicted molar refractivity (Wildman–Crippen MR) is 122 cm³/mol. The summed E-state index contributed by atoms with van der Waals surface area (Å²) in [5.41, 5.74) is -0.593. The van der Waals surface area contributed by atoms with Crippen LogP contribution >= 0.6 is 7.60 Å². The quantitative estimate of drug-likeness (QED) is 0.350. The van der Waals surface area contributed by atoms with Crippen LogP contribution in [0.25, 0.3) is 11.2 Å². The third kappa shape index (κ3) is 5.80. The highest BCUT2D eigenvalue weighted by Crippen LogP contribution is 2.50. The average molecular weight is 499 g/mol. The Labute approximate surface area is 195 Å². The van der Waals surface area contributed by atoms with E-state index >= 15 is 0 Å². The molecule has 0 saturated carbocycles. The largest absolute Gasteiger partial charge is 0.387 e. The van der Waals surface area contributed by atoms with Crippen molar-refractivity contribution in [3.05, 3.63) is 28.6 Å². The van der Waals surface area contributed by atoms with Gasteiger partial charge in [-0.1, -0.05) is 13.8 Å². The Balaban J connectivity index is 1.88. The fourth-order valence-corrected chi connectivity index (χ4v) is 4.82. The number of rotatable bonds is 10. The number of aromatic amines is 1. The SMILES string of the molecule is CCOP(=O)(C=C[C@H]1O[C@@H](n2cnc3c(=O)[nH]c(NC(=O)CC(C)C)nc32)[C@H](O)[C@@H]1O)OCC. The van der Waals surface area contributed by atoms with E-state index in [-0.39, 0.29) is 48.6 Å². The fraction of sp³-hybridized carbons (Fsp3) is 0.600. The lowest BCUT2D eigenvalue weighted by atomic mass is 10.1. The third-order valence-corrected chi connectivity index (χ3v) is 6.68. The minimum absolute atomic E-state index is 0.0386. The van der Waals surface area contributed by atoms with E-state index in [1.54, 1.807) is 13.8 Å². The van der Waals surface area contributed by atoms with Crippen molar-refractivity contribution in [1.29, 1.82) is 0 Å². The van der Waals surface area contributed by atoms with Crippen LogP contribution in [0.5, 0.6) is 0 Å². The molecule has 0 unspecified atom stereocenters. The van der Waals surface area contributed by atoms with Gasteiger partial charge in [0.25, 0.3) is 5.56 Å². The molecule has 3 rings (SSSR count). The van der Waals surface area contributed by atoms with Crippen LogP contribution in [0.2, 0.25) is 0 Å². The number of nitrogens with one attached hydrogen (secondary N) is 2. The van der Waals surface area contributed by atoms with Crippen molar-refractivity contribution >= 4 is 30.6 Å². The number of aliphatic hydroxyl groups excluding tert-OH is 2. The van der Waals surface area contributed by atoms with Crippen molar-refractivity contribution in [3.63, 3.8) is 0 Å². The zero-order chi connectivity index (χ0) is 25.0. The summed E-state index contributed by atoms with van der Waals surface area (Å²) in [4.78, 5) is 35.2. The first kappa shape index (κ1) is 26.2. The second-order valence-corrected chi connectivity index (χ2v) is 9.97. The van der Waals surface area contributed by atoms with Crippen molar-refractivity contribution in [2.45, 2.75) is 58.7 Å². The van der Waals surface area contributed by atoms with Gasteiger partial charge in [-0.15, -0.1) is 0 Å². The third-order valence-electron chi connectivity index (χ3n) is 4.91. The molecule has 0 aliphatic carbocycles. The maximum absolute atomic E-state index is 12.6. The second kappa shape index (κ2) is 10.9. The highest BCUT2D eigenvalue weighted by Gasteiger charge is 2.43. The number of H-pyrrole nitrogens is 1. The summed E-state index contributed by atoms with van der Waals surface area (Å²) in [7, 11) is -3.54. The predicted octanol–water partition coefficient (Wildman–Crippen LogP) is 1.50. The van der Waals surface area contributed by atoms with Gasteiger partial charge in [0.1, 0.15) is 18.3 Å². The summed E-state index contributed by atoms with van der Waals surface area (Å²) in [5, 5.41) is 23.6. The standard InChI is InChI=1S/C20H30N5O8P/c1-5-31-34(30,32-6-2)8-7-12-15(27)16(28)19(33-12)25-10-21-14-17(25)23-20(24-18(14)29)22-13(26)9-11(3)4/h7-8,10-12,15-16,19,27-28H,5-6,9H2,1-4H3,(H2,22,23,24,26,29)/t12-,15-,16-,19-/m1/s1. The van der Waals surface area contributed by atoms with E-state index in [0.717, 1.165) is 0 Å². The van der Waals surface area contributed by atoms with Gasteiger partial charge in [0.05, 0.1) is 19.5 Å². The van der Waals surface area contributed by atoms with Gasteiger partial charge in [-0.05, 0) is 25.8 Å². The van der Waals surface area contributed by atoms with Crippen LogP contribution in [0.4, 0.5) is 5.95 Å². The summed E-state index contributed by atoms with van der Waals surface area (Å²) < 4.78 is 30.1. The molecule has 0 aromatic carbocycles. The van der Waals surface area contributed by atoms with Crippen LogP contribution in [0.15, 0.2) is 23.0 Å².